The molecule has 3 heteroatoms. The molecule has 3 atom stereocenters. The summed E-state index contributed by atoms with van der Waals surface area (Å²) in [5, 5.41) is 0. The lowest BCUT2D eigenvalue weighted by molar-refractivity contribution is 0.0350. The maximum absolute atomic E-state index is 6.45. The summed E-state index contributed by atoms with van der Waals surface area (Å²) < 4.78 is 0. The highest BCUT2D eigenvalue weighted by atomic mass is 15.3. The SMILES string of the molecule is CCCN1CCN(C2CC(C(C)(C)C)CCC2N)CC1. The lowest BCUT2D eigenvalue weighted by atomic mass is 9.69. The topological polar surface area (TPSA) is 32.5 Å². The molecule has 2 rings (SSSR count). The van der Waals surface area contributed by atoms with Crippen molar-refractivity contribution >= 4 is 0 Å². The van der Waals surface area contributed by atoms with Crippen molar-refractivity contribution in [3.8, 4) is 0 Å². The molecule has 3 nitrogen and oxygen atoms in total. The van der Waals surface area contributed by atoms with E-state index < -0.39 is 0 Å². The van der Waals surface area contributed by atoms with Crippen molar-refractivity contribution in [2.45, 2.75) is 65.5 Å². The zero-order valence-corrected chi connectivity index (χ0v) is 14.1. The van der Waals surface area contributed by atoms with E-state index in [1.165, 1.54) is 58.4 Å². The molecule has 118 valence electrons. The number of nitrogens with two attached hydrogens (primary N) is 1. The van der Waals surface area contributed by atoms with Gasteiger partial charge in [-0.25, -0.2) is 0 Å². The summed E-state index contributed by atoms with van der Waals surface area (Å²) >= 11 is 0. The van der Waals surface area contributed by atoms with Crippen molar-refractivity contribution in [3.05, 3.63) is 0 Å². The smallest absolute Gasteiger partial charge is 0.0251 e. The lowest BCUT2D eigenvalue weighted by Crippen LogP contribution is -2.58. The van der Waals surface area contributed by atoms with Gasteiger partial charge < -0.3 is 10.6 Å². The summed E-state index contributed by atoms with van der Waals surface area (Å²) in [6.45, 7) is 15.6. The van der Waals surface area contributed by atoms with Gasteiger partial charge in [-0.2, -0.15) is 0 Å². The van der Waals surface area contributed by atoms with Gasteiger partial charge in [0.25, 0.3) is 0 Å². The van der Waals surface area contributed by atoms with E-state index in [0.29, 0.717) is 17.5 Å². The minimum Gasteiger partial charge on any atom is -0.326 e. The van der Waals surface area contributed by atoms with E-state index in [2.05, 4.69) is 37.5 Å². The minimum absolute atomic E-state index is 0.395. The third-order valence-corrected chi connectivity index (χ3v) is 5.51. The Morgan fingerprint density at radius 2 is 1.70 bits per heavy atom. The molecule has 2 N–H and O–H groups in total. The number of nitrogens with zero attached hydrogens (tertiary/aromatic N) is 2. The summed E-state index contributed by atoms with van der Waals surface area (Å²) in [6.07, 6.45) is 5.10. The normalized spacial score (nSPS) is 34.4. The van der Waals surface area contributed by atoms with E-state index in [9.17, 15) is 0 Å². The molecular weight excluding hydrogens is 246 g/mol. The second-order valence-electron chi connectivity index (χ2n) is 7.98. The van der Waals surface area contributed by atoms with Crippen LogP contribution in [0.1, 0.15) is 53.4 Å². The van der Waals surface area contributed by atoms with Crippen LogP contribution in [0.15, 0.2) is 0 Å². The summed E-state index contributed by atoms with van der Waals surface area (Å²) in [5.74, 6) is 0.834. The van der Waals surface area contributed by atoms with Gasteiger partial charge in [0, 0.05) is 38.3 Å². The zero-order chi connectivity index (χ0) is 14.8. The van der Waals surface area contributed by atoms with Gasteiger partial charge in [0.1, 0.15) is 0 Å². The first-order chi connectivity index (χ1) is 9.41. The van der Waals surface area contributed by atoms with E-state index in [1.807, 2.05) is 0 Å². The Balaban J connectivity index is 1.90. The highest BCUT2D eigenvalue weighted by Crippen LogP contribution is 2.39. The Kier molecular flexibility index (Phi) is 5.49. The highest BCUT2D eigenvalue weighted by Gasteiger charge is 2.37. The van der Waals surface area contributed by atoms with E-state index in [1.54, 1.807) is 0 Å². The van der Waals surface area contributed by atoms with Crippen LogP contribution in [0.4, 0.5) is 0 Å². The van der Waals surface area contributed by atoms with Gasteiger partial charge in [0.15, 0.2) is 0 Å². The molecule has 0 aromatic rings. The first-order valence-corrected chi connectivity index (χ1v) is 8.63. The molecule has 1 saturated heterocycles. The summed E-state index contributed by atoms with van der Waals surface area (Å²) in [7, 11) is 0. The minimum atomic E-state index is 0.395. The Morgan fingerprint density at radius 1 is 1.05 bits per heavy atom. The van der Waals surface area contributed by atoms with Crippen LogP contribution in [0, 0.1) is 11.3 Å². The Labute approximate surface area is 125 Å². The molecule has 3 unspecified atom stereocenters. The van der Waals surface area contributed by atoms with Gasteiger partial charge in [-0.3, -0.25) is 4.90 Å². The van der Waals surface area contributed by atoms with Crippen LogP contribution in [0.25, 0.3) is 0 Å². The standard InChI is InChI=1S/C17H35N3/c1-5-8-19-9-11-20(12-10-19)16-13-14(17(2,3)4)6-7-15(16)18/h14-16H,5-13,18H2,1-4H3. The highest BCUT2D eigenvalue weighted by molar-refractivity contribution is 4.94. The van der Waals surface area contributed by atoms with Crippen molar-refractivity contribution in [1.82, 2.24) is 9.80 Å². The van der Waals surface area contributed by atoms with Crippen LogP contribution in [0.3, 0.4) is 0 Å². The fourth-order valence-corrected chi connectivity index (χ4v) is 4.01. The monoisotopic (exact) mass is 281 g/mol. The quantitative estimate of drug-likeness (QED) is 0.863. The summed E-state index contributed by atoms with van der Waals surface area (Å²) in [4.78, 5) is 5.29. The second-order valence-corrected chi connectivity index (χ2v) is 7.98. The van der Waals surface area contributed by atoms with Crippen LogP contribution in [-0.2, 0) is 0 Å². The van der Waals surface area contributed by atoms with Gasteiger partial charge >= 0.3 is 0 Å². The van der Waals surface area contributed by atoms with Crippen LogP contribution >= 0.6 is 0 Å². The maximum Gasteiger partial charge on any atom is 0.0251 e. The van der Waals surface area contributed by atoms with Crippen LogP contribution in [-0.4, -0.2) is 54.6 Å². The largest absolute Gasteiger partial charge is 0.326 e. The van der Waals surface area contributed by atoms with Gasteiger partial charge in [-0.05, 0) is 43.6 Å². The third kappa shape index (κ3) is 3.96. The molecule has 0 aromatic heterocycles. The first-order valence-electron chi connectivity index (χ1n) is 8.63. The fraction of sp³-hybridized carbons (Fsp3) is 1.00. The summed E-state index contributed by atoms with van der Waals surface area (Å²) in [6, 6.07) is 1.02. The molecular formula is C17H35N3. The predicted molar refractivity (Wildman–Crippen MR) is 86.9 cm³/mol. The van der Waals surface area contributed by atoms with Crippen molar-refractivity contribution in [2.75, 3.05) is 32.7 Å². The first kappa shape index (κ1) is 16.3. The molecule has 2 aliphatic rings. The van der Waals surface area contributed by atoms with Crippen LogP contribution in [0.5, 0.6) is 0 Å². The molecule has 2 fully saturated rings. The van der Waals surface area contributed by atoms with Crippen molar-refractivity contribution in [3.63, 3.8) is 0 Å². The van der Waals surface area contributed by atoms with Crippen LogP contribution in [0.2, 0.25) is 0 Å². The second kappa shape index (κ2) is 6.76. The van der Waals surface area contributed by atoms with Gasteiger partial charge in [0.2, 0.25) is 0 Å². The van der Waals surface area contributed by atoms with Crippen molar-refractivity contribution in [2.24, 2.45) is 17.1 Å². The molecule has 0 aromatic carbocycles. The molecule has 1 saturated carbocycles. The molecule has 1 aliphatic carbocycles. The summed E-state index contributed by atoms with van der Waals surface area (Å²) in [5.41, 5.74) is 6.89. The number of rotatable bonds is 3. The Bertz CT molecular complexity index is 289. The third-order valence-electron chi connectivity index (χ3n) is 5.51. The molecule has 1 aliphatic heterocycles. The van der Waals surface area contributed by atoms with Crippen LogP contribution < -0.4 is 5.73 Å². The van der Waals surface area contributed by atoms with Gasteiger partial charge in [-0.15, -0.1) is 0 Å². The molecule has 0 spiro atoms. The average molecular weight is 281 g/mol. The predicted octanol–water partition coefficient (Wildman–Crippen LogP) is 2.56. The zero-order valence-electron chi connectivity index (χ0n) is 14.1. The van der Waals surface area contributed by atoms with E-state index in [0.717, 1.165) is 5.92 Å². The molecule has 0 radical (unpaired) electrons. The molecule has 0 bridgehead atoms. The molecule has 20 heavy (non-hydrogen) atoms. The van der Waals surface area contributed by atoms with Crippen molar-refractivity contribution < 1.29 is 0 Å². The number of hydrogen-bond acceptors (Lipinski definition) is 3. The van der Waals surface area contributed by atoms with Gasteiger partial charge in [-0.1, -0.05) is 27.7 Å². The molecule has 1 heterocycles. The lowest BCUT2D eigenvalue weighted by Gasteiger charge is -2.47. The Morgan fingerprint density at radius 3 is 2.25 bits per heavy atom. The molecule has 0 amide bonds. The maximum atomic E-state index is 6.45. The van der Waals surface area contributed by atoms with Crippen molar-refractivity contribution in [1.29, 1.82) is 0 Å². The number of piperazine rings is 1. The Hall–Kier alpha value is -0.120. The average Bonchev–Trinajstić information content (AvgIpc) is 2.39. The van der Waals surface area contributed by atoms with Gasteiger partial charge in [0.05, 0.1) is 0 Å². The fourth-order valence-electron chi connectivity index (χ4n) is 4.01. The van der Waals surface area contributed by atoms with E-state index in [-0.39, 0.29) is 0 Å². The number of hydrogen-bond donors (Lipinski definition) is 1. The van der Waals surface area contributed by atoms with E-state index >= 15 is 0 Å². The van der Waals surface area contributed by atoms with E-state index in [4.69, 9.17) is 5.73 Å².